The lowest BCUT2D eigenvalue weighted by Crippen LogP contribution is -2.65. The second kappa shape index (κ2) is 15.3. The van der Waals surface area contributed by atoms with Crippen molar-refractivity contribution in [2.24, 2.45) is 5.41 Å². The summed E-state index contributed by atoms with van der Waals surface area (Å²) in [4.78, 5) is 6.38. The van der Waals surface area contributed by atoms with Gasteiger partial charge in [-0.05, 0) is 67.0 Å². The fourth-order valence-electron chi connectivity index (χ4n) is 8.46. The molecule has 0 radical (unpaired) electrons. The van der Waals surface area contributed by atoms with E-state index in [9.17, 15) is 19.1 Å². The zero-order valence-electron chi connectivity index (χ0n) is 29.8. The van der Waals surface area contributed by atoms with Crippen LogP contribution in [0.3, 0.4) is 0 Å². The van der Waals surface area contributed by atoms with Gasteiger partial charge in [-0.3, -0.25) is 4.98 Å². The monoisotopic (exact) mass is 774 g/mol. The minimum atomic E-state index is -2.48. The number of nitriles is 1. The number of aliphatic hydroxyl groups excluding tert-OH is 1. The van der Waals surface area contributed by atoms with E-state index >= 15 is 0 Å². The van der Waals surface area contributed by atoms with Gasteiger partial charge in [0.25, 0.3) is 0 Å². The van der Waals surface area contributed by atoms with Gasteiger partial charge in [-0.15, -0.1) is 0 Å². The predicted octanol–water partition coefficient (Wildman–Crippen LogP) is 8.69. The molecule has 1 aromatic heterocycles. The normalized spacial score (nSPS) is 22.0. The average molecular weight is 776 g/mol. The molecule has 0 amide bonds. The molecule has 12 heteroatoms. The number of nitrogens with zero attached hydrogens (tertiary/aromatic N) is 3. The van der Waals surface area contributed by atoms with Gasteiger partial charge in [0.15, 0.2) is 0 Å². The van der Waals surface area contributed by atoms with Crippen molar-refractivity contribution in [3.63, 3.8) is 0 Å². The van der Waals surface area contributed by atoms with E-state index in [1.165, 1.54) is 6.20 Å². The van der Waals surface area contributed by atoms with Gasteiger partial charge in [0.2, 0.25) is 5.92 Å². The number of hydrogen-bond acceptors (Lipinski definition) is 8. The number of benzene rings is 3. The van der Waals surface area contributed by atoms with Crippen LogP contribution in [0, 0.1) is 16.7 Å². The summed E-state index contributed by atoms with van der Waals surface area (Å²) in [5.74, 6) is -0.771. The maximum atomic E-state index is 13.4. The first-order valence-electron chi connectivity index (χ1n) is 18.6. The fourth-order valence-corrected chi connectivity index (χ4v) is 8.98. The molecule has 1 spiro atoms. The summed E-state index contributed by atoms with van der Waals surface area (Å²) in [6, 6.07) is 19.6. The topological polar surface area (TPSA) is 99.9 Å². The lowest BCUT2D eigenvalue weighted by Gasteiger charge is -2.58. The Kier molecular flexibility index (Phi) is 10.5. The summed E-state index contributed by atoms with van der Waals surface area (Å²) in [6.07, 6.45) is 6.61. The van der Waals surface area contributed by atoms with Gasteiger partial charge in [0, 0.05) is 85.6 Å². The van der Waals surface area contributed by atoms with Crippen LogP contribution in [-0.2, 0) is 19.6 Å². The number of ether oxygens (including phenoxy) is 3. The van der Waals surface area contributed by atoms with Gasteiger partial charge in [0.05, 0.1) is 28.3 Å². The Morgan fingerprint density at radius 2 is 1.78 bits per heavy atom. The molecule has 0 bridgehead atoms. The lowest BCUT2D eigenvalue weighted by atomic mass is 9.61. The third-order valence-corrected chi connectivity index (χ3v) is 11.9. The molecule has 8 rings (SSSR count). The Morgan fingerprint density at radius 3 is 2.54 bits per heavy atom. The molecule has 3 aromatic carbocycles. The van der Waals surface area contributed by atoms with Crippen LogP contribution in [0.5, 0.6) is 17.2 Å². The van der Waals surface area contributed by atoms with E-state index in [1.807, 2.05) is 36.4 Å². The Balaban J connectivity index is 0.946. The van der Waals surface area contributed by atoms with E-state index in [0.717, 1.165) is 85.1 Å². The second-order valence-corrected chi connectivity index (χ2v) is 16.0. The van der Waals surface area contributed by atoms with E-state index < -0.39 is 5.92 Å². The van der Waals surface area contributed by atoms with E-state index in [-0.39, 0.29) is 43.1 Å². The van der Waals surface area contributed by atoms with Gasteiger partial charge in [-0.1, -0.05) is 53.5 Å². The minimum absolute atomic E-state index is 0.0196. The number of nitrogens with one attached hydrogen (secondary N) is 1. The molecule has 0 unspecified atom stereocenters. The number of likely N-dealkylation sites (tertiary alicyclic amines) is 1. The summed E-state index contributed by atoms with van der Waals surface area (Å²) in [5.41, 5.74) is 6.02. The summed E-state index contributed by atoms with van der Waals surface area (Å²) < 4.78 is 45.8. The molecule has 54 heavy (non-hydrogen) atoms. The van der Waals surface area contributed by atoms with E-state index in [1.54, 1.807) is 12.3 Å². The highest BCUT2D eigenvalue weighted by atomic mass is 35.5. The number of fused-ring (bicyclic) bond motifs is 1. The Hall–Kier alpha value is -3.98. The lowest BCUT2D eigenvalue weighted by molar-refractivity contribution is -0.213. The zero-order valence-corrected chi connectivity index (χ0v) is 31.3. The molecule has 1 aliphatic heterocycles. The third-order valence-electron chi connectivity index (χ3n) is 11.2. The SMILES string of the molecule is N#Cc1cncc(COc2cc(O[C@H]3CCc4c(-c5cccc(OCCCN6CC7(C6)CC(F)(F)C7)c5Cl)cccc43)c(Cl)cc2CN[C@@H]2CC[C@H]2O)c1. The van der Waals surface area contributed by atoms with Gasteiger partial charge in [0.1, 0.15) is 36.0 Å². The molecule has 282 valence electrons. The molecule has 3 fully saturated rings. The second-order valence-electron chi connectivity index (χ2n) is 15.3. The van der Waals surface area contributed by atoms with Crippen LogP contribution in [0.4, 0.5) is 8.78 Å². The fraction of sp³-hybridized carbons (Fsp3) is 0.429. The number of rotatable bonds is 14. The van der Waals surface area contributed by atoms with Crippen LogP contribution in [0.15, 0.2) is 67.0 Å². The first kappa shape index (κ1) is 37.0. The van der Waals surface area contributed by atoms with Crippen LogP contribution in [-0.4, -0.2) is 59.3 Å². The van der Waals surface area contributed by atoms with E-state index in [4.69, 9.17) is 37.4 Å². The Bertz CT molecular complexity index is 2060. The maximum absolute atomic E-state index is 13.4. The van der Waals surface area contributed by atoms with Crippen LogP contribution in [0.1, 0.15) is 72.4 Å². The van der Waals surface area contributed by atoms with Crippen molar-refractivity contribution < 1.29 is 28.1 Å². The molecule has 4 aromatic rings. The highest BCUT2D eigenvalue weighted by molar-refractivity contribution is 6.35. The summed E-state index contributed by atoms with van der Waals surface area (Å²) >= 11 is 13.9. The largest absolute Gasteiger partial charge is 0.492 e. The first-order valence-corrected chi connectivity index (χ1v) is 19.4. The number of pyridine rings is 1. The minimum Gasteiger partial charge on any atom is -0.492 e. The average Bonchev–Trinajstić information content (AvgIpc) is 3.55. The van der Waals surface area contributed by atoms with E-state index in [2.05, 4.69) is 33.4 Å². The van der Waals surface area contributed by atoms with Crippen molar-refractivity contribution in [2.45, 2.75) is 82.3 Å². The van der Waals surface area contributed by atoms with Crippen LogP contribution >= 0.6 is 23.2 Å². The summed E-state index contributed by atoms with van der Waals surface area (Å²) in [7, 11) is 0. The van der Waals surface area contributed by atoms with Crippen molar-refractivity contribution in [1.82, 2.24) is 15.2 Å². The standard InChI is InChI=1S/C42H42Cl2F2N4O4/c43-33-15-28(20-49-34-9-10-35(34)51)38(53-21-27-14-26(17-47)18-48-19-27)16-39(33)54-36-11-8-30-29(4-1-5-31(30)36)32-6-2-7-37(40(32)44)52-13-3-12-50-24-41(25-50)22-42(45,46)23-41/h1-2,4-7,14-16,18-19,34-36,49,51H,3,8-13,20-25H2/t34-,35-,36+/m1/s1. The van der Waals surface area contributed by atoms with Crippen molar-refractivity contribution >= 4 is 23.2 Å². The molecule has 4 aliphatic rings. The number of aromatic nitrogens is 1. The predicted molar refractivity (Wildman–Crippen MR) is 202 cm³/mol. The van der Waals surface area contributed by atoms with E-state index in [0.29, 0.717) is 46.0 Å². The Morgan fingerprint density at radius 1 is 0.963 bits per heavy atom. The molecule has 2 saturated carbocycles. The van der Waals surface area contributed by atoms with Gasteiger partial charge in [-0.25, -0.2) is 8.78 Å². The van der Waals surface area contributed by atoms with Gasteiger partial charge >= 0.3 is 0 Å². The first-order chi connectivity index (χ1) is 26.1. The van der Waals surface area contributed by atoms with Crippen molar-refractivity contribution in [1.29, 1.82) is 5.26 Å². The molecular formula is C42H42Cl2F2N4O4. The van der Waals surface area contributed by atoms with Crippen molar-refractivity contribution in [3.8, 4) is 34.4 Å². The van der Waals surface area contributed by atoms with Crippen LogP contribution in [0.2, 0.25) is 10.0 Å². The van der Waals surface area contributed by atoms with Crippen molar-refractivity contribution in [2.75, 3.05) is 26.2 Å². The van der Waals surface area contributed by atoms with Gasteiger partial charge < -0.3 is 29.5 Å². The van der Waals surface area contributed by atoms with Crippen LogP contribution < -0.4 is 19.5 Å². The molecule has 8 nitrogen and oxygen atoms in total. The van der Waals surface area contributed by atoms with Crippen LogP contribution in [0.25, 0.3) is 11.1 Å². The summed E-state index contributed by atoms with van der Waals surface area (Å²) in [6.45, 7) is 3.44. The van der Waals surface area contributed by atoms with Crippen molar-refractivity contribution in [3.05, 3.63) is 105 Å². The highest BCUT2D eigenvalue weighted by Gasteiger charge is 2.61. The number of aliphatic hydroxyl groups is 1. The quantitative estimate of drug-likeness (QED) is 0.123. The summed E-state index contributed by atoms with van der Waals surface area (Å²) in [5, 5.41) is 23.8. The molecule has 2 N–H and O–H groups in total. The molecule has 1 saturated heterocycles. The molecule has 3 atom stereocenters. The molecule has 3 aliphatic carbocycles. The number of hydrogen-bond donors (Lipinski definition) is 2. The number of halogens is 4. The molecule has 2 heterocycles. The third kappa shape index (κ3) is 7.75. The van der Waals surface area contributed by atoms with Gasteiger partial charge in [-0.2, -0.15) is 5.26 Å². The zero-order chi connectivity index (χ0) is 37.5. The Labute approximate surface area is 324 Å². The molecular weight excluding hydrogens is 733 g/mol. The number of alkyl halides is 2. The maximum Gasteiger partial charge on any atom is 0.249 e. The smallest absolute Gasteiger partial charge is 0.249 e. The highest BCUT2D eigenvalue weighted by Crippen LogP contribution is 2.56.